The lowest BCUT2D eigenvalue weighted by atomic mass is 10.0. The van der Waals surface area contributed by atoms with Crippen molar-refractivity contribution in [1.82, 2.24) is 4.98 Å². The van der Waals surface area contributed by atoms with Crippen LogP contribution in [0.2, 0.25) is 5.02 Å². The Morgan fingerprint density at radius 3 is 1.77 bits per heavy atom. The number of carbonyl (C=O) groups is 1. The van der Waals surface area contributed by atoms with Gasteiger partial charge in [-0.05, 0) is 87.5 Å². The summed E-state index contributed by atoms with van der Waals surface area (Å²) in [5.74, 6) is 1.00. The van der Waals surface area contributed by atoms with Crippen molar-refractivity contribution in [3.05, 3.63) is 197 Å². The first-order chi connectivity index (χ1) is 27.5. The second kappa shape index (κ2) is 16.8. The summed E-state index contributed by atoms with van der Waals surface area (Å²) in [5.41, 5.74) is 6.98. The van der Waals surface area contributed by atoms with Crippen LogP contribution in [0, 0.1) is 0 Å². The Hall–Kier alpha value is -6.67. The number of aliphatic carboxylic acids is 1. The smallest absolute Gasteiger partial charge is 0.336 e. The van der Waals surface area contributed by atoms with Crippen LogP contribution in [0.25, 0.3) is 44.0 Å². The fourth-order valence-corrected chi connectivity index (χ4v) is 7.69. The van der Waals surface area contributed by atoms with Crippen molar-refractivity contribution in [2.45, 2.75) is 13.2 Å². The normalized spacial score (nSPS) is 11.3. The monoisotopic (exact) mass is 771 g/mol. The zero-order valence-electron chi connectivity index (χ0n) is 30.0. The number of thiophene rings is 1. The Balaban J connectivity index is 1.25. The summed E-state index contributed by atoms with van der Waals surface area (Å²) in [5, 5.41) is 11.7. The van der Waals surface area contributed by atoms with Gasteiger partial charge in [0.1, 0.15) is 19.0 Å². The topological polar surface area (TPSA) is 77.9 Å². The summed E-state index contributed by atoms with van der Waals surface area (Å²) < 4.78 is 20.8. The van der Waals surface area contributed by atoms with E-state index in [-0.39, 0.29) is 18.8 Å². The lowest BCUT2D eigenvalue weighted by molar-refractivity contribution is -0.130. The number of ether oxygens (including phenoxy) is 3. The molecule has 56 heavy (non-hydrogen) atoms. The second-order valence-corrected chi connectivity index (χ2v) is 14.4. The molecule has 8 rings (SSSR count). The van der Waals surface area contributed by atoms with Crippen molar-refractivity contribution < 1.29 is 24.1 Å². The van der Waals surface area contributed by atoms with Gasteiger partial charge in [-0.15, -0.1) is 11.3 Å². The molecule has 2 aromatic heterocycles. The van der Waals surface area contributed by atoms with Crippen molar-refractivity contribution >= 4 is 50.6 Å². The number of benzene rings is 6. The summed E-state index contributed by atoms with van der Waals surface area (Å²) in [6.45, 7) is 0.550. The molecule has 8 aromatic rings. The number of carboxylic acids is 1. The zero-order chi connectivity index (χ0) is 38.3. The number of hydrogen-bond donors (Lipinski definition) is 1. The highest BCUT2D eigenvalue weighted by molar-refractivity contribution is 7.20. The fraction of sp³-hybridized carbons (Fsp3) is 0.0417. The van der Waals surface area contributed by atoms with Gasteiger partial charge in [-0.3, -0.25) is 4.98 Å². The second-order valence-electron chi connectivity index (χ2n) is 12.9. The predicted molar refractivity (Wildman–Crippen MR) is 226 cm³/mol. The van der Waals surface area contributed by atoms with E-state index in [1.807, 2.05) is 72.8 Å². The van der Waals surface area contributed by atoms with E-state index < -0.39 is 5.97 Å². The molecule has 0 unspecified atom stereocenters. The standard InChI is InChI=1S/C48H34ClNO5S/c49-37-19-21-38(22-20-37)55-47-42-27-43(53-30-35-15-7-9-17-39(35)32-11-3-1-4-12-32)44(54-31-36-16-8-10-18-40(36)33-13-5-2-6-14-33)29-45(42)56-46(47)28-41(48(51)52)34-23-25-50-26-24-34/h1-29H,30-31H2,(H,51,52). The summed E-state index contributed by atoms with van der Waals surface area (Å²) >= 11 is 7.62. The minimum absolute atomic E-state index is 0.0999. The minimum atomic E-state index is -1.08. The highest BCUT2D eigenvalue weighted by Gasteiger charge is 2.21. The Morgan fingerprint density at radius 2 is 1.20 bits per heavy atom. The Labute approximate surface area is 333 Å². The molecule has 0 aliphatic rings. The average Bonchev–Trinajstić information content (AvgIpc) is 3.57. The maximum absolute atomic E-state index is 12.7. The number of hydrogen-bond acceptors (Lipinski definition) is 6. The molecule has 1 N–H and O–H groups in total. The van der Waals surface area contributed by atoms with Gasteiger partial charge in [0.15, 0.2) is 17.2 Å². The molecule has 0 fully saturated rings. The van der Waals surface area contributed by atoms with Crippen LogP contribution in [0.15, 0.2) is 170 Å². The van der Waals surface area contributed by atoms with E-state index in [2.05, 4.69) is 53.5 Å². The Kier molecular flexibility index (Phi) is 10.9. The number of rotatable bonds is 13. The van der Waals surface area contributed by atoms with E-state index in [1.54, 1.807) is 54.9 Å². The van der Waals surface area contributed by atoms with Crippen LogP contribution in [-0.4, -0.2) is 16.1 Å². The molecule has 0 amide bonds. The van der Waals surface area contributed by atoms with Crippen molar-refractivity contribution in [2.24, 2.45) is 0 Å². The number of aromatic nitrogens is 1. The predicted octanol–water partition coefficient (Wildman–Crippen LogP) is 12.9. The molecule has 0 aliphatic heterocycles. The molecule has 0 aliphatic carbocycles. The third kappa shape index (κ3) is 8.20. The van der Waals surface area contributed by atoms with Gasteiger partial charge in [0.25, 0.3) is 0 Å². The summed E-state index contributed by atoms with van der Waals surface area (Å²) in [4.78, 5) is 17.3. The Bertz CT molecular complexity index is 2640. The molecule has 0 atom stereocenters. The van der Waals surface area contributed by atoms with Gasteiger partial charge in [0.05, 0.1) is 10.5 Å². The molecule has 8 heteroatoms. The SMILES string of the molecule is O=C(O)C(=Cc1sc2cc(OCc3ccccc3-c3ccccc3)c(OCc3ccccc3-c3ccccc3)cc2c1Oc1ccc(Cl)cc1)c1ccncc1. The van der Waals surface area contributed by atoms with Crippen LogP contribution >= 0.6 is 22.9 Å². The quantitative estimate of drug-likeness (QED) is 0.118. The van der Waals surface area contributed by atoms with E-state index in [0.29, 0.717) is 38.5 Å². The third-order valence-electron chi connectivity index (χ3n) is 9.24. The maximum atomic E-state index is 12.7. The molecule has 0 saturated heterocycles. The first-order valence-electron chi connectivity index (χ1n) is 17.9. The van der Waals surface area contributed by atoms with E-state index in [4.69, 9.17) is 25.8 Å². The van der Waals surface area contributed by atoms with Crippen LogP contribution in [0.1, 0.15) is 21.6 Å². The van der Waals surface area contributed by atoms with Crippen LogP contribution in [0.3, 0.4) is 0 Å². The van der Waals surface area contributed by atoms with Gasteiger partial charge < -0.3 is 19.3 Å². The first-order valence-corrected chi connectivity index (χ1v) is 19.1. The van der Waals surface area contributed by atoms with Crippen molar-refractivity contribution in [3.8, 4) is 45.3 Å². The maximum Gasteiger partial charge on any atom is 0.336 e. The number of halogens is 1. The van der Waals surface area contributed by atoms with Crippen LogP contribution in [0.5, 0.6) is 23.0 Å². The van der Waals surface area contributed by atoms with Crippen LogP contribution in [-0.2, 0) is 18.0 Å². The molecule has 0 bridgehead atoms. The van der Waals surface area contributed by atoms with Crippen LogP contribution < -0.4 is 14.2 Å². The molecule has 6 nitrogen and oxygen atoms in total. The highest BCUT2D eigenvalue weighted by atomic mass is 35.5. The van der Waals surface area contributed by atoms with Gasteiger partial charge in [0, 0.05) is 33.6 Å². The number of pyridine rings is 1. The molecule has 0 radical (unpaired) electrons. The molecule has 0 spiro atoms. The third-order valence-corrected chi connectivity index (χ3v) is 10.6. The first kappa shape index (κ1) is 36.3. The lowest BCUT2D eigenvalue weighted by Gasteiger charge is -2.17. The van der Waals surface area contributed by atoms with Crippen molar-refractivity contribution in [2.75, 3.05) is 0 Å². The number of nitrogens with zero attached hydrogens (tertiary/aromatic N) is 1. The highest BCUT2D eigenvalue weighted by Crippen LogP contribution is 2.47. The van der Waals surface area contributed by atoms with Crippen molar-refractivity contribution in [1.29, 1.82) is 0 Å². The summed E-state index contributed by atoms with van der Waals surface area (Å²) in [6.07, 6.45) is 4.78. The van der Waals surface area contributed by atoms with E-state index >= 15 is 0 Å². The molecule has 6 aromatic carbocycles. The van der Waals surface area contributed by atoms with Gasteiger partial charge in [-0.1, -0.05) is 121 Å². The molecular weight excluding hydrogens is 738 g/mol. The largest absolute Gasteiger partial charge is 0.485 e. The van der Waals surface area contributed by atoms with Gasteiger partial charge in [-0.25, -0.2) is 4.79 Å². The van der Waals surface area contributed by atoms with E-state index in [1.165, 1.54) is 11.3 Å². The molecule has 274 valence electrons. The average molecular weight is 772 g/mol. The van der Waals surface area contributed by atoms with E-state index in [9.17, 15) is 9.90 Å². The molecular formula is C48H34ClNO5S. The van der Waals surface area contributed by atoms with Crippen molar-refractivity contribution in [3.63, 3.8) is 0 Å². The minimum Gasteiger partial charge on any atom is -0.485 e. The summed E-state index contributed by atoms with van der Waals surface area (Å²) in [6, 6.07) is 51.1. The fourth-order valence-electron chi connectivity index (χ4n) is 6.48. The molecule has 2 heterocycles. The zero-order valence-corrected chi connectivity index (χ0v) is 31.5. The summed E-state index contributed by atoms with van der Waals surface area (Å²) in [7, 11) is 0. The Morgan fingerprint density at radius 1 is 0.661 bits per heavy atom. The van der Waals surface area contributed by atoms with Gasteiger partial charge >= 0.3 is 5.97 Å². The molecule has 0 saturated carbocycles. The number of fused-ring (bicyclic) bond motifs is 1. The van der Waals surface area contributed by atoms with Gasteiger partial charge in [-0.2, -0.15) is 0 Å². The van der Waals surface area contributed by atoms with Crippen LogP contribution in [0.4, 0.5) is 0 Å². The van der Waals surface area contributed by atoms with Gasteiger partial charge in [0.2, 0.25) is 0 Å². The number of carboxylic acid groups (broad SMARTS) is 1. The lowest BCUT2D eigenvalue weighted by Crippen LogP contribution is -2.02. The van der Waals surface area contributed by atoms with E-state index in [0.717, 1.165) is 43.5 Å².